The normalized spacial score (nSPS) is 10.9. The summed E-state index contributed by atoms with van der Waals surface area (Å²) < 4.78 is 22.3. The van der Waals surface area contributed by atoms with Gasteiger partial charge in [-0.05, 0) is 36.4 Å². The van der Waals surface area contributed by atoms with Crippen molar-refractivity contribution in [2.75, 3.05) is 12.4 Å². The molecule has 31 heavy (non-hydrogen) atoms. The fraction of sp³-hybridized carbons (Fsp3) is 0.130. The molecule has 0 saturated carbocycles. The standard InChI is InChI=1S/C23H19ClFN3O3/c1-31-20-7-6-17(24)12-19(20)26-21(29)14-28-11-9-15-8-10-27(22(15)23(28)30)13-16-4-2-3-5-18(16)25/h2-12H,13-14H2,1H3,(H,26,29). The number of ether oxygens (including phenoxy) is 1. The lowest BCUT2D eigenvalue weighted by atomic mass is 10.2. The molecule has 0 radical (unpaired) electrons. The van der Waals surface area contributed by atoms with Crippen molar-refractivity contribution in [3.05, 3.63) is 93.7 Å². The third-order valence-corrected chi connectivity index (χ3v) is 5.18. The van der Waals surface area contributed by atoms with Gasteiger partial charge in [0.05, 0.1) is 19.3 Å². The molecule has 4 rings (SSSR count). The number of hydrogen-bond donors (Lipinski definition) is 1. The Morgan fingerprint density at radius 2 is 1.84 bits per heavy atom. The molecule has 4 aromatic rings. The van der Waals surface area contributed by atoms with Gasteiger partial charge in [-0.1, -0.05) is 29.8 Å². The lowest BCUT2D eigenvalue weighted by Gasteiger charge is -2.12. The summed E-state index contributed by atoms with van der Waals surface area (Å²) in [7, 11) is 1.49. The summed E-state index contributed by atoms with van der Waals surface area (Å²) in [6.45, 7) is 0.0106. The summed E-state index contributed by atoms with van der Waals surface area (Å²) in [6, 6.07) is 14.8. The summed E-state index contributed by atoms with van der Waals surface area (Å²) in [6.07, 6.45) is 3.30. The largest absolute Gasteiger partial charge is 0.495 e. The molecule has 1 N–H and O–H groups in total. The molecule has 6 nitrogen and oxygen atoms in total. The maximum Gasteiger partial charge on any atom is 0.275 e. The fourth-order valence-corrected chi connectivity index (χ4v) is 3.61. The zero-order chi connectivity index (χ0) is 22.0. The second kappa shape index (κ2) is 8.65. The number of rotatable bonds is 6. The molecule has 0 unspecified atom stereocenters. The molecule has 1 amide bonds. The number of hydrogen-bond acceptors (Lipinski definition) is 3. The summed E-state index contributed by atoms with van der Waals surface area (Å²) in [5.41, 5.74) is 0.948. The molecule has 0 saturated heterocycles. The molecule has 0 atom stereocenters. The quantitative estimate of drug-likeness (QED) is 0.487. The van der Waals surface area contributed by atoms with E-state index in [1.165, 1.54) is 17.7 Å². The van der Waals surface area contributed by atoms with E-state index in [-0.39, 0.29) is 24.5 Å². The smallest absolute Gasteiger partial charge is 0.275 e. The SMILES string of the molecule is COc1ccc(Cl)cc1NC(=O)Cn1ccc2ccn(Cc3ccccc3F)c2c1=O. The second-order valence-electron chi connectivity index (χ2n) is 6.98. The van der Waals surface area contributed by atoms with Gasteiger partial charge >= 0.3 is 0 Å². The van der Waals surface area contributed by atoms with Gasteiger partial charge in [0, 0.05) is 28.4 Å². The van der Waals surface area contributed by atoms with Crippen LogP contribution >= 0.6 is 11.6 Å². The number of aromatic nitrogens is 2. The number of nitrogens with one attached hydrogen (secondary N) is 1. The van der Waals surface area contributed by atoms with Gasteiger partial charge in [-0.15, -0.1) is 0 Å². The lowest BCUT2D eigenvalue weighted by molar-refractivity contribution is -0.116. The van der Waals surface area contributed by atoms with Crippen molar-refractivity contribution < 1.29 is 13.9 Å². The molecular formula is C23H19ClFN3O3. The molecule has 0 aliphatic carbocycles. The van der Waals surface area contributed by atoms with E-state index < -0.39 is 5.91 Å². The van der Waals surface area contributed by atoms with Crippen molar-refractivity contribution in [1.29, 1.82) is 0 Å². The molecule has 158 valence electrons. The number of methoxy groups -OCH3 is 1. The Morgan fingerprint density at radius 3 is 2.58 bits per heavy atom. The molecule has 2 heterocycles. The number of carbonyl (C=O) groups excluding carboxylic acids is 1. The maximum absolute atomic E-state index is 14.1. The van der Waals surface area contributed by atoms with Crippen LogP contribution in [0, 0.1) is 5.82 Å². The van der Waals surface area contributed by atoms with Crippen LogP contribution in [0.2, 0.25) is 5.02 Å². The number of fused-ring (bicyclic) bond motifs is 1. The highest BCUT2D eigenvalue weighted by molar-refractivity contribution is 6.31. The highest BCUT2D eigenvalue weighted by Crippen LogP contribution is 2.27. The van der Waals surface area contributed by atoms with Gasteiger partial charge in [-0.2, -0.15) is 0 Å². The Labute approximate surface area is 182 Å². The topological polar surface area (TPSA) is 65.3 Å². The van der Waals surface area contributed by atoms with E-state index in [2.05, 4.69) is 5.32 Å². The molecule has 0 aliphatic heterocycles. The number of carbonyl (C=O) groups is 1. The van der Waals surface area contributed by atoms with E-state index in [9.17, 15) is 14.0 Å². The van der Waals surface area contributed by atoms with Crippen LogP contribution in [0.3, 0.4) is 0 Å². The first-order valence-electron chi connectivity index (χ1n) is 9.51. The first kappa shape index (κ1) is 20.7. The second-order valence-corrected chi connectivity index (χ2v) is 7.42. The minimum Gasteiger partial charge on any atom is -0.495 e. The summed E-state index contributed by atoms with van der Waals surface area (Å²) >= 11 is 6.00. The average molecular weight is 440 g/mol. The number of benzene rings is 2. The number of pyridine rings is 1. The lowest BCUT2D eigenvalue weighted by Crippen LogP contribution is -2.28. The van der Waals surface area contributed by atoms with Crippen LogP contribution in [0.4, 0.5) is 10.1 Å². The van der Waals surface area contributed by atoms with Crippen molar-refractivity contribution in [2.24, 2.45) is 0 Å². The summed E-state index contributed by atoms with van der Waals surface area (Å²) in [5.74, 6) is -0.288. The summed E-state index contributed by atoms with van der Waals surface area (Å²) in [4.78, 5) is 25.7. The molecule has 0 aliphatic rings. The Morgan fingerprint density at radius 1 is 1.10 bits per heavy atom. The first-order valence-corrected chi connectivity index (χ1v) is 9.89. The predicted octanol–water partition coefficient (Wildman–Crippen LogP) is 4.29. The van der Waals surface area contributed by atoms with E-state index >= 15 is 0 Å². The van der Waals surface area contributed by atoms with Crippen LogP contribution < -0.4 is 15.6 Å². The molecule has 0 fully saturated rings. The van der Waals surface area contributed by atoms with Crippen molar-refractivity contribution in [3.8, 4) is 5.75 Å². The van der Waals surface area contributed by atoms with Gasteiger partial charge in [0.1, 0.15) is 23.6 Å². The monoisotopic (exact) mass is 439 g/mol. The van der Waals surface area contributed by atoms with Crippen LogP contribution in [0.5, 0.6) is 5.75 Å². The van der Waals surface area contributed by atoms with Crippen molar-refractivity contribution in [3.63, 3.8) is 0 Å². The van der Waals surface area contributed by atoms with Crippen LogP contribution in [-0.4, -0.2) is 22.2 Å². The highest BCUT2D eigenvalue weighted by atomic mass is 35.5. The van der Waals surface area contributed by atoms with Gasteiger partial charge in [0.15, 0.2) is 0 Å². The van der Waals surface area contributed by atoms with E-state index in [0.29, 0.717) is 27.5 Å². The fourth-order valence-electron chi connectivity index (χ4n) is 3.43. The molecule has 2 aromatic carbocycles. The Bertz CT molecular complexity index is 1330. The predicted molar refractivity (Wildman–Crippen MR) is 118 cm³/mol. The third-order valence-electron chi connectivity index (χ3n) is 4.94. The van der Waals surface area contributed by atoms with Gasteiger partial charge in [0.2, 0.25) is 5.91 Å². The van der Waals surface area contributed by atoms with Gasteiger partial charge < -0.3 is 19.2 Å². The molecule has 0 bridgehead atoms. The van der Waals surface area contributed by atoms with Gasteiger partial charge in [-0.25, -0.2) is 4.39 Å². The minimum atomic E-state index is -0.408. The van der Waals surface area contributed by atoms with Crippen LogP contribution in [0.1, 0.15) is 5.56 Å². The van der Waals surface area contributed by atoms with Gasteiger partial charge in [0.25, 0.3) is 5.56 Å². The van der Waals surface area contributed by atoms with E-state index in [4.69, 9.17) is 16.3 Å². The Kier molecular flexibility index (Phi) is 5.77. The summed E-state index contributed by atoms with van der Waals surface area (Å²) in [5, 5.41) is 3.88. The molecule has 2 aromatic heterocycles. The molecular weight excluding hydrogens is 421 g/mol. The van der Waals surface area contributed by atoms with Crippen LogP contribution in [0.15, 0.2) is 71.8 Å². The van der Waals surface area contributed by atoms with Crippen molar-refractivity contribution in [1.82, 2.24) is 9.13 Å². The van der Waals surface area contributed by atoms with Crippen molar-refractivity contribution >= 4 is 34.1 Å². The van der Waals surface area contributed by atoms with E-state index in [1.54, 1.807) is 65.5 Å². The zero-order valence-electron chi connectivity index (χ0n) is 16.6. The average Bonchev–Trinajstić information content (AvgIpc) is 3.15. The van der Waals surface area contributed by atoms with Gasteiger partial charge in [-0.3, -0.25) is 9.59 Å². The number of nitrogens with zero attached hydrogens (tertiary/aromatic N) is 2. The van der Waals surface area contributed by atoms with Crippen LogP contribution in [0.25, 0.3) is 10.9 Å². The Hall–Kier alpha value is -3.58. The highest BCUT2D eigenvalue weighted by Gasteiger charge is 2.14. The maximum atomic E-state index is 14.1. The molecule has 0 spiro atoms. The van der Waals surface area contributed by atoms with Crippen molar-refractivity contribution in [2.45, 2.75) is 13.1 Å². The number of amides is 1. The third kappa shape index (κ3) is 4.32. The zero-order valence-corrected chi connectivity index (χ0v) is 17.4. The van der Waals surface area contributed by atoms with E-state index in [0.717, 1.165) is 5.39 Å². The molecule has 8 heteroatoms. The van der Waals surface area contributed by atoms with E-state index in [1.807, 2.05) is 0 Å². The Balaban J connectivity index is 1.61. The number of anilines is 1. The first-order chi connectivity index (χ1) is 15.0. The van der Waals surface area contributed by atoms with Crippen LogP contribution in [-0.2, 0) is 17.9 Å². The minimum absolute atomic E-state index is 0.199. The number of halogens is 2.